The molecule has 1 heterocycles. The van der Waals surface area contributed by atoms with Gasteiger partial charge in [-0.1, -0.05) is 24.3 Å². The minimum atomic E-state index is 0.527. The molecule has 0 saturated carbocycles. The maximum Gasteiger partial charge on any atom is 0.229 e. The lowest BCUT2D eigenvalue weighted by atomic mass is 10.2. The third-order valence-corrected chi connectivity index (χ3v) is 3.92. The quantitative estimate of drug-likeness (QED) is 0.611. The minimum absolute atomic E-state index is 0.527. The van der Waals surface area contributed by atoms with E-state index in [0.717, 1.165) is 34.3 Å². The van der Waals surface area contributed by atoms with Gasteiger partial charge in [-0.15, -0.1) is 0 Å². The van der Waals surface area contributed by atoms with Crippen LogP contribution in [0.25, 0.3) is 0 Å². The molecule has 0 aliphatic rings. The van der Waals surface area contributed by atoms with E-state index >= 15 is 0 Å². The van der Waals surface area contributed by atoms with Crippen molar-refractivity contribution in [3.05, 3.63) is 65.9 Å². The zero-order chi connectivity index (χ0) is 19.1. The van der Waals surface area contributed by atoms with Crippen LogP contribution in [0, 0.1) is 6.92 Å². The highest BCUT2D eigenvalue weighted by molar-refractivity contribution is 5.63. The molecular weight excluding hydrogens is 340 g/mol. The Bertz CT molecular complexity index is 882. The number of nitrogens with zero attached hydrogens (tertiary/aromatic N) is 2. The Hall–Kier alpha value is -3.28. The summed E-state index contributed by atoms with van der Waals surface area (Å²) in [6.07, 6.45) is 0. The van der Waals surface area contributed by atoms with Crippen LogP contribution in [-0.2, 0) is 6.54 Å². The first-order valence-electron chi connectivity index (χ1n) is 8.89. The molecule has 0 unspecified atom stereocenters. The smallest absolute Gasteiger partial charge is 0.229 e. The largest absolute Gasteiger partial charge is 0.497 e. The van der Waals surface area contributed by atoms with Crippen molar-refractivity contribution in [1.29, 1.82) is 0 Å². The average Bonchev–Trinajstić information content (AvgIpc) is 2.68. The number of hydrogen-bond donors (Lipinski definition) is 2. The first-order valence-corrected chi connectivity index (χ1v) is 8.89. The van der Waals surface area contributed by atoms with E-state index in [0.29, 0.717) is 19.1 Å². The van der Waals surface area contributed by atoms with Crippen molar-refractivity contribution in [2.45, 2.75) is 20.4 Å². The number of ether oxygens (including phenoxy) is 2. The third kappa shape index (κ3) is 5.10. The summed E-state index contributed by atoms with van der Waals surface area (Å²) in [5.41, 5.74) is 2.85. The highest BCUT2D eigenvalue weighted by Crippen LogP contribution is 2.26. The lowest BCUT2D eigenvalue weighted by molar-refractivity contribution is 0.342. The zero-order valence-corrected chi connectivity index (χ0v) is 15.8. The minimum Gasteiger partial charge on any atom is -0.497 e. The van der Waals surface area contributed by atoms with Gasteiger partial charge in [0.2, 0.25) is 5.95 Å². The van der Waals surface area contributed by atoms with Crippen molar-refractivity contribution in [3.8, 4) is 11.5 Å². The molecular formula is C21H24N4O2. The fraction of sp³-hybridized carbons (Fsp3) is 0.238. The van der Waals surface area contributed by atoms with Gasteiger partial charge in [0.15, 0.2) is 0 Å². The van der Waals surface area contributed by atoms with Gasteiger partial charge in [-0.2, -0.15) is 4.98 Å². The third-order valence-electron chi connectivity index (χ3n) is 3.92. The van der Waals surface area contributed by atoms with Crippen LogP contribution in [0.3, 0.4) is 0 Å². The number of nitrogens with one attached hydrogen (secondary N) is 2. The molecule has 0 amide bonds. The molecule has 2 N–H and O–H groups in total. The lowest BCUT2D eigenvalue weighted by Crippen LogP contribution is -2.06. The molecule has 0 fully saturated rings. The predicted molar refractivity (Wildman–Crippen MR) is 108 cm³/mol. The summed E-state index contributed by atoms with van der Waals surface area (Å²) in [6.45, 7) is 5.17. The number of hydrogen-bond acceptors (Lipinski definition) is 6. The van der Waals surface area contributed by atoms with E-state index in [1.807, 2.05) is 68.4 Å². The number of aryl methyl sites for hydroxylation is 1. The van der Waals surface area contributed by atoms with Gasteiger partial charge < -0.3 is 20.1 Å². The molecule has 0 radical (unpaired) electrons. The van der Waals surface area contributed by atoms with Crippen molar-refractivity contribution >= 4 is 17.5 Å². The van der Waals surface area contributed by atoms with Gasteiger partial charge in [-0.3, -0.25) is 0 Å². The zero-order valence-electron chi connectivity index (χ0n) is 15.8. The van der Waals surface area contributed by atoms with Crippen molar-refractivity contribution in [3.63, 3.8) is 0 Å². The second-order valence-electron chi connectivity index (χ2n) is 5.97. The topological polar surface area (TPSA) is 68.3 Å². The van der Waals surface area contributed by atoms with Gasteiger partial charge in [-0.25, -0.2) is 4.98 Å². The molecule has 0 atom stereocenters. The second-order valence-corrected chi connectivity index (χ2v) is 5.97. The maximum absolute atomic E-state index is 5.65. The van der Waals surface area contributed by atoms with Crippen molar-refractivity contribution in [2.75, 3.05) is 24.4 Å². The molecule has 140 valence electrons. The molecule has 0 aliphatic heterocycles. The van der Waals surface area contributed by atoms with Gasteiger partial charge in [0.1, 0.15) is 17.3 Å². The Morgan fingerprint density at radius 3 is 2.52 bits per heavy atom. The van der Waals surface area contributed by atoms with Crippen LogP contribution in [0.15, 0.2) is 54.6 Å². The lowest BCUT2D eigenvalue weighted by Gasteiger charge is -2.13. The SMILES string of the molecule is CCOc1ccccc1Nc1nc(C)cc(NCc2ccc(OC)cc2)n1. The predicted octanol–water partition coefficient (Wildman–Crippen LogP) is 4.55. The van der Waals surface area contributed by atoms with E-state index in [4.69, 9.17) is 9.47 Å². The monoisotopic (exact) mass is 364 g/mol. The van der Waals surface area contributed by atoms with Gasteiger partial charge in [-0.05, 0) is 43.7 Å². The highest BCUT2D eigenvalue weighted by atomic mass is 16.5. The summed E-state index contributed by atoms with van der Waals surface area (Å²) in [5, 5.41) is 6.59. The fourth-order valence-electron chi connectivity index (χ4n) is 2.62. The summed E-state index contributed by atoms with van der Waals surface area (Å²) in [5.74, 6) is 2.91. The Morgan fingerprint density at radius 2 is 1.78 bits per heavy atom. The summed E-state index contributed by atoms with van der Waals surface area (Å²) in [6, 6.07) is 17.6. The number of rotatable bonds is 8. The summed E-state index contributed by atoms with van der Waals surface area (Å²) >= 11 is 0. The number of methoxy groups -OCH3 is 1. The van der Waals surface area contributed by atoms with Crippen LogP contribution in [0.5, 0.6) is 11.5 Å². The highest BCUT2D eigenvalue weighted by Gasteiger charge is 2.07. The van der Waals surface area contributed by atoms with Crippen molar-refractivity contribution in [2.24, 2.45) is 0 Å². The van der Waals surface area contributed by atoms with Gasteiger partial charge >= 0.3 is 0 Å². The van der Waals surface area contributed by atoms with Crippen LogP contribution in [0.1, 0.15) is 18.2 Å². The van der Waals surface area contributed by atoms with E-state index in [-0.39, 0.29) is 0 Å². The van der Waals surface area contributed by atoms with Gasteiger partial charge in [0.05, 0.1) is 19.4 Å². The molecule has 2 aromatic carbocycles. The fourth-order valence-corrected chi connectivity index (χ4v) is 2.62. The van der Waals surface area contributed by atoms with E-state index in [2.05, 4.69) is 20.6 Å². The number of aromatic nitrogens is 2. The Kier molecular flexibility index (Phi) is 6.10. The average molecular weight is 364 g/mol. The summed E-state index contributed by atoms with van der Waals surface area (Å²) in [4.78, 5) is 9.04. The van der Waals surface area contributed by atoms with Crippen molar-refractivity contribution < 1.29 is 9.47 Å². The standard InChI is InChI=1S/C21H24N4O2/c1-4-27-19-8-6-5-7-18(19)24-21-23-15(2)13-20(25-21)22-14-16-9-11-17(26-3)12-10-16/h5-13H,4,14H2,1-3H3,(H2,22,23,24,25). The van der Waals surface area contributed by atoms with E-state index < -0.39 is 0 Å². The molecule has 3 aromatic rings. The van der Waals surface area contributed by atoms with Crippen molar-refractivity contribution in [1.82, 2.24) is 9.97 Å². The molecule has 6 heteroatoms. The normalized spacial score (nSPS) is 10.3. The Balaban J connectivity index is 1.72. The summed E-state index contributed by atoms with van der Waals surface area (Å²) < 4.78 is 10.8. The van der Waals surface area contributed by atoms with Crippen LogP contribution >= 0.6 is 0 Å². The van der Waals surface area contributed by atoms with Gasteiger partial charge in [0, 0.05) is 18.3 Å². The second kappa shape index (κ2) is 8.89. The first-order chi connectivity index (χ1) is 13.2. The molecule has 0 aliphatic carbocycles. The van der Waals surface area contributed by atoms with Crippen LogP contribution in [0.2, 0.25) is 0 Å². The first kappa shape index (κ1) is 18.5. The molecule has 0 spiro atoms. The molecule has 27 heavy (non-hydrogen) atoms. The van der Waals surface area contributed by atoms with Crippen LogP contribution in [-0.4, -0.2) is 23.7 Å². The van der Waals surface area contributed by atoms with E-state index in [1.165, 1.54) is 0 Å². The van der Waals surface area contributed by atoms with Crippen LogP contribution < -0.4 is 20.1 Å². The molecule has 0 saturated heterocycles. The van der Waals surface area contributed by atoms with Crippen LogP contribution in [0.4, 0.5) is 17.5 Å². The molecule has 1 aromatic heterocycles. The summed E-state index contributed by atoms with van der Waals surface area (Å²) in [7, 11) is 1.66. The number of para-hydroxylation sites is 2. The number of anilines is 3. The molecule has 0 bridgehead atoms. The Labute approximate surface area is 159 Å². The molecule has 3 rings (SSSR count). The van der Waals surface area contributed by atoms with E-state index in [1.54, 1.807) is 7.11 Å². The van der Waals surface area contributed by atoms with Gasteiger partial charge in [0.25, 0.3) is 0 Å². The van der Waals surface area contributed by atoms with E-state index in [9.17, 15) is 0 Å². The Morgan fingerprint density at radius 1 is 1.00 bits per heavy atom. The molecule has 6 nitrogen and oxygen atoms in total. The maximum atomic E-state index is 5.65. The number of benzene rings is 2.